The Morgan fingerprint density at radius 3 is 2.40 bits per heavy atom. The summed E-state index contributed by atoms with van der Waals surface area (Å²) in [5.74, 6) is 0. The zero-order valence-electron chi connectivity index (χ0n) is 6.76. The van der Waals surface area contributed by atoms with Gasteiger partial charge in [0.2, 0.25) is 6.29 Å². The van der Waals surface area contributed by atoms with E-state index in [1.807, 2.05) is 6.08 Å². The largest absolute Gasteiger partial charge is 0.472 e. The van der Waals surface area contributed by atoms with E-state index in [2.05, 4.69) is 20.8 Å². The van der Waals surface area contributed by atoms with E-state index >= 15 is 0 Å². The third-order valence-corrected chi connectivity index (χ3v) is 1.35. The molecule has 0 saturated carbocycles. The highest BCUT2D eigenvalue weighted by Crippen LogP contribution is 2.24. The molecule has 0 aromatic carbocycles. The molecular formula is C8H14O2. The van der Waals surface area contributed by atoms with E-state index in [1.165, 1.54) is 0 Å². The van der Waals surface area contributed by atoms with Crippen molar-refractivity contribution in [3.63, 3.8) is 0 Å². The van der Waals surface area contributed by atoms with Crippen molar-refractivity contribution < 1.29 is 9.47 Å². The standard InChI is InChI=1S/C8H14O2/c1-8(2,3)7-9-5-4-6-10-7/h4-5,7H,6H2,1-3H3. The van der Waals surface area contributed by atoms with E-state index in [0.29, 0.717) is 6.61 Å². The molecule has 0 spiro atoms. The Balaban J connectivity index is 2.49. The highest BCUT2D eigenvalue weighted by molar-refractivity contribution is 4.81. The summed E-state index contributed by atoms with van der Waals surface area (Å²) in [6.07, 6.45) is 3.49. The first-order valence-electron chi connectivity index (χ1n) is 3.53. The lowest BCUT2D eigenvalue weighted by atomic mass is 9.96. The van der Waals surface area contributed by atoms with Crippen LogP contribution in [0.15, 0.2) is 12.3 Å². The molecular weight excluding hydrogens is 128 g/mol. The minimum atomic E-state index is -0.0856. The molecule has 0 bridgehead atoms. The van der Waals surface area contributed by atoms with E-state index in [9.17, 15) is 0 Å². The quantitative estimate of drug-likeness (QED) is 0.514. The second-order valence-electron chi connectivity index (χ2n) is 3.54. The Labute approximate surface area is 61.8 Å². The Morgan fingerprint density at radius 2 is 2.10 bits per heavy atom. The first-order valence-corrected chi connectivity index (χ1v) is 3.53. The first-order chi connectivity index (χ1) is 4.61. The summed E-state index contributed by atoms with van der Waals surface area (Å²) in [5, 5.41) is 0. The van der Waals surface area contributed by atoms with Crippen LogP contribution in [0, 0.1) is 5.41 Å². The SMILES string of the molecule is CC(C)(C)C1OC=CCO1. The molecule has 1 aliphatic heterocycles. The minimum absolute atomic E-state index is 0.0742. The summed E-state index contributed by atoms with van der Waals surface area (Å²) in [5.41, 5.74) is 0.0742. The third kappa shape index (κ3) is 1.74. The van der Waals surface area contributed by atoms with E-state index in [4.69, 9.17) is 9.47 Å². The van der Waals surface area contributed by atoms with Crippen LogP contribution < -0.4 is 0 Å². The van der Waals surface area contributed by atoms with Crippen LogP contribution >= 0.6 is 0 Å². The number of ether oxygens (including phenoxy) is 2. The van der Waals surface area contributed by atoms with E-state index < -0.39 is 0 Å². The molecule has 0 radical (unpaired) electrons. The van der Waals surface area contributed by atoms with E-state index in [0.717, 1.165) is 0 Å². The maximum atomic E-state index is 5.33. The second-order valence-corrected chi connectivity index (χ2v) is 3.54. The number of hydrogen-bond acceptors (Lipinski definition) is 2. The summed E-state index contributed by atoms with van der Waals surface area (Å²) >= 11 is 0. The normalized spacial score (nSPS) is 26.1. The maximum Gasteiger partial charge on any atom is 0.204 e. The monoisotopic (exact) mass is 142 g/mol. The van der Waals surface area contributed by atoms with E-state index in [1.54, 1.807) is 6.26 Å². The van der Waals surface area contributed by atoms with Gasteiger partial charge < -0.3 is 9.47 Å². The molecule has 1 rings (SSSR count). The van der Waals surface area contributed by atoms with Crippen LogP contribution in [0.4, 0.5) is 0 Å². The van der Waals surface area contributed by atoms with Gasteiger partial charge in [0.05, 0.1) is 12.9 Å². The first kappa shape index (κ1) is 7.61. The van der Waals surface area contributed by atoms with Crippen LogP contribution in [0.2, 0.25) is 0 Å². The Morgan fingerprint density at radius 1 is 1.40 bits per heavy atom. The molecule has 0 N–H and O–H groups in total. The fourth-order valence-electron chi connectivity index (χ4n) is 0.803. The molecule has 0 amide bonds. The summed E-state index contributed by atoms with van der Waals surface area (Å²) in [6.45, 7) is 6.95. The lowest BCUT2D eigenvalue weighted by molar-refractivity contribution is -0.167. The molecule has 0 aromatic heterocycles. The van der Waals surface area contributed by atoms with Crippen molar-refractivity contribution >= 4 is 0 Å². The molecule has 0 aromatic rings. The molecule has 58 valence electrons. The third-order valence-electron chi connectivity index (χ3n) is 1.35. The molecule has 1 heterocycles. The van der Waals surface area contributed by atoms with Crippen LogP contribution in [0.5, 0.6) is 0 Å². The van der Waals surface area contributed by atoms with Gasteiger partial charge in [-0.1, -0.05) is 20.8 Å². The molecule has 1 unspecified atom stereocenters. The van der Waals surface area contributed by atoms with Gasteiger partial charge in [-0.15, -0.1) is 0 Å². The molecule has 1 atom stereocenters. The van der Waals surface area contributed by atoms with Crippen molar-refractivity contribution in [2.24, 2.45) is 5.41 Å². The van der Waals surface area contributed by atoms with Gasteiger partial charge in [0, 0.05) is 5.41 Å². The van der Waals surface area contributed by atoms with Gasteiger partial charge in [-0.2, -0.15) is 0 Å². The smallest absolute Gasteiger partial charge is 0.204 e. The second kappa shape index (κ2) is 2.62. The molecule has 0 aliphatic carbocycles. The molecule has 10 heavy (non-hydrogen) atoms. The van der Waals surface area contributed by atoms with Crippen molar-refractivity contribution in [1.29, 1.82) is 0 Å². The van der Waals surface area contributed by atoms with Gasteiger partial charge in [0.15, 0.2) is 0 Å². The molecule has 0 saturated heterocycles. The highest BCUT2D eigenvalue weighted by Gasteiger charge is 2.27. The van der Waals surface area contributed by atoms with Crippen LogP contribution in [0.25, 0.3) is 0 Å². The van der Waals surface area contributed by atoms with Gasteiger partial charge in [-0.25, -0.2) is 0 Å². The van der Waals surface area contributed by atoms with Gasteiger partial charge in [0.25, 0.3) is 0 Å². The fourth-order valence-corrected chi connectivity index (χ4v) is 0.803. The number of rotatable bonds is 0. The predicted molar refractivity (Wildman–Crippen MR) is 39.4 cm³/mol. The van der Waals surface area contributed by atoms with Gasteiger partial charge in [-0.3, -0.25) is 0 Å². The van der Waals surface area contributed by atoms with Gasteiger partial charge >= 0.3 is 0 Å². The van der Waals surface area contributed by atoms with Crippen molar-refractivity contribution in [3.05, 3.63) is 12.3 Å². The molecule has 2 heteroatoms. The predicted octanol–water partition coefficient (Wildman–Crippen LogP) is 1.92. The minimum Gasteiger partial charge on any atom is -0.472 e. The van der Waals surface area contributed by atoms with E-state index in [-0.39, 0.29) is 11.7 Å². The lowest BCUT2D eigenvalue weighted by Crippen LogP contribution is -2.32. The van der Waals surface area contributed by atoms with Crippen LogP contribution in [-0.4, -0.2) is 12.9 Å². The van der Waals surface area contributed by atoms with Crippen LogP contribution in [0.1, 0.15) is 20.8 Å². The average Bonchev–Trinajstić information content (AvgIpc) is 1.88. The van der Waals surface area contributed by atoms with Crippen molar-refractivity contribution in [3.8, 4) is 0 Å². The molecule has 1 aliphatic rings. The molecule has 0 fully saturated rings. The summed E-state index contributed by atoms with van der Waals surface area (Å²) in [6, 6.07) is 0. The fraction of sp³-hybridized carbons (Fsp3) is 0.750. The average molecular weight is 142 g/mol. The maximum absolute atomic E-state index is 5.33. The topological polar surface area (TPSA) is 18.5 Å². The van der Waals surface area contributed by atoms with Crippen molar-refractivity contribution in [2.45, 2.75) is 27.1 Å². The lowest BCUT2D eigenvalue weighted by Gasteiger charge is -2.31. The summed E-state index contributed by atoms with van der Waals surface area (Å²) in [7, 11) is 0. The highest BCUT2D eigenvalue weighted by atomic mass is 16.7. The summed E-state index contributed by atoms with van der Waals surface area (Å²) in [4.78, 5) is 0. The van der Waals surface area contributed by atoms with Crippen LogP contribution in [-0.2, 0) is 9.47 Å². The summed E-state index contributed by atoms with van der Waals surface area (Å²) < 4.78 is 10.6. The Kier molecular flexibility index (Phi) is 2.00. The Hall–Kier alpha value is -0.500. The number of hydrogen-bond donors (Lipinski definition) is 0. The zero-order chi connectivity index (χ0) is 7.61. The van der Waals surface area contributed by atoms with Gasteiger partial charge in [-0.05, 0) is 6.08 Å². The van der Waals surface area contributed by atoms with Crippen molar-refractivity contribution in [2.75, 3.05) is 6.61 Å². The van der Waals surface area contributed by atoms with Crippen LogP contribution in [0.3, 0.4) is 0 Å². The molecule has 2 nitrogen and oxygen atoms in total. The Bertz CT molecular complexity index is 133. The van der Waals surface area contributed by atoms with Crippen molar-refractivity contribution in [1.82, 2.24) is 0 Å². The zero-order valence-corrected chi connectivity index (χ0v) is 6.76. The van der Waals surface area contributed by atoms with Gasteiger partial charge in [0.1, 0.15) is 0 Å².